The first-order valence-electron chi connectivity index (χ1n) is 5.60. The van der Waals surface area contributed by atoms with Crippen LogP contribution in [-0.2, 0) is 4.74 Å². The first-order valence-corrected chi connectivity index (χ1v) is 6.38. The lowest BCUT2D eigenvalue weighted by Gasteiger charge is -2.20. The SMILES string of the molecule is CCOC(=O)c1c(N)nsc1N(C)CC(C)C. The summed E-state index contributed by atoms with van der Waals surface area (Å²) >= 11 is 1.23. The number of nitrogen functional groups attached to an aromatic ring is 1. The number of ether oxygens (including phenoxy) is 1. The highest BCUT2D eigenvalue weighted by Crippen LogP contribution is 2.30. The molecule has 1 heterocycles. The topological polar surface area (TPSA) is 68.5 Å². The van der Waals surface area contributed by atoms with Gasteiger partial charge in [-0.1, -0.05) is 13.8 Å². The monoisotopic (exact) mass is 257 g/mol. The molecule has 0 unspecified atom stereocenters. The van der Waals surface area contributed by atoms with Crippen LogP contribution in [-0.4, -0.2) is 30.5 Å². The lowest BCUT2D eigenvalue weighted by molar-refractivity contribution is 0.0528. The van der Waals surface area contributed by atoms with Gasteiger partial charge in [0.2, 0.25) is 0 Å². The third-order valence-corrected chi connectivity index (χ3v) is 3.14. The van der Waals surface area contributed by atoms with E-state index in [1.54, 1.807) is 6.92 Å². The van der Waals surface area contributed by atoms with Gasteiger partial charge in [0.1, 0.15) is 10.6 Å². The van der Waals surface area contributed by atoms with E-state index in [9.17, 15) is 4.79 Å². The van der Waals surface area contributed by atoms with Crippen molar-refractivity contribution in [1.29, 1.82) is 0 Å². The van der Waals surface area contributed by atoms with Gasteiger partial charge < -0.3 is 15.4 Å². The predicted molar refractivity (Wildman–Crippen MR) is 70.6 cm³/mol. The van der Waals surface area contributed by atoms with Crippen molar-refractivity contribution >= 4 is 28.3 Å². The molecule has 6 heteroatoms. The van der Waals surface area contributed by atoms with Crippen molar-refractivity contribution in [2.45, 2.75) is 20.8 Å². The summed E-state index contributed by atoms with van der Waals surface area (Å²) in [7, 11) is 1.93. The summed E-state index contributed by atoms with van der Waals surface area (Å²) in [5.74, 6) is 0.349. The third kappa shape index (κ3) is 3.33. The van der Waals surface area contributed by atoms with Crippen LogP contribution in [0.5, 0.6) is 0 Å². The van der Waals surface area contributed by atoms with Gasteiger partial charge in [0.05, 0.1) is 6.61 Å². The average molecular weight is 257 g/mol. The van der Waals surface area contributed by atoms with Crippen LogP contribution in [0.4, 0.5) is 10.8 Å². The molecule has 0 spiro atoms. The molecule has 2 N–H and O–H groups in total. The average Bonchev–Trinajstić information content (AvgIpc) is 2.59. The standard InChI is InChI=1S/C11H19N3O2S/c1-5-16-11(15)8-9(12)13-17-10(8)14(4)6-7(2)3/h7H,5-6H2,1-4H3,(H2,12,13). The van der Waals surface area contributed by atoms with Crippen LogP contribution in [0.2, 0.25) is 0 Å². The third-order valence-electron chi connectivity index (χ3n) is 2.17. The van der Waals surface area contributed by atoms with Crippen molar-refractivity contribution in [3.63, 3.8) is 0 Å². The number of hydrogen-bond acceptors (Lipinski definition) is 6. The fraction of sp³-hybridized carbons (Fsp3) is 0.636. The van der Waals surface area contributed by atoms with Gasteiger partial charge in [-0.25, -0.2) is 4.79 Å². The molecule has 0 aromatic carbocycles. The molecule has 5 nitrogen and oxygen atoms in total. The minimum Gasteiger partial charge on any atom is -0.462 e. The van der Waals surface area contributed by atoms with E-state index in [-0.39, 0.29) is 5.82 Å². The summed E-state index contributed by atoms with van der Waals surface area (Å²) in [5.41, 5.74) is 6.10. The molecule has 0 bridgehead atoms. The lowest BCUT2D eigenvalue weighted by Crippen LogP contribution is -2.23. The van der Waals surface area contributed by atoms with Crippen molar-refractivity contribution in [3.05, 3.63) is 5.56 Å². The number of nitrogens with two attached hydrogens (primary N) is 1. The van der Waals surface area contributed by atoms with E-state index >= 15 is 0 Å². The normalized spacial score (nSPS) is 10.6. The van der Waals surface area contributed by atoms with Crippen LogP contribution in [0.3, 0.4) is 0 Å². The molecule has 0 saturated heterocycles. The molecule has 17 heavy (non-hydrogen) atoms. The van der Waals surface area contributed by atoms with Crippen LogP contribution < -0.4 is 10.6 Å². The Morgan fingerprint density at radius 3 is 2.76 bits per heavy atom. The van der Waals surface area contributed by atoms with E-state index in [0.717, 1.165) is 11.5 Å². The first kappa shape index (κ1) is 13.8. The number of anilines is 2. The maximum absolute atomic E-state index is 11.8. The molecule has 1 rings (SSSR count). The highest BCUT2D eigenvalue weighted by molar-refractivity contribution is 7.11. The Labute approximate surface area is 106 Å². The van der Waals surface area contributed by atoms with Gasteiger partial charge in [-0.2, -0.15) is 4.37 Å². The first-order chi connectivity index (χ1) is 7.97. The number of carbonyl (C=O) groups excluding carboxylic acids is 1. The quantitative estimate of drug-likeness (QED) is 0.817. The van der Waals surface area contributed by atoms with E-state index in [4.69, 9.17) is 10.5 Å². The zero-order valence-corrected chi connectivity index (χ0v) is 11.5. The second-order valence-corrected chi connectivity index (χ2v) is 4.99. The molecule has 96 valence electrons. The molecule has 0 aliphatic carbocycles. The predicted octanol–water partition coefficient (Wildman–Crippen LogP) is 1.99. The van der Waals surface area contributed by atoms with Gasteiger partial charge in [0.25, 0.3) is 0 Å². The summed E-state index contributed by atoms with van der Waals surface area (Å²) in [6.07, 6.45) is 0. The molecule has 0 fully saturated rings. The molecule has 0 saturated carbocycles. The van der Waals surface area contributed by atoms with Crippen LogP contribution >= 0.6 is 11.5 Å². The molecule has 0 atom stereocenters. The second kappa shape index (κ2) is 5.86. The van der Waals surface area contributed by atoms with Gasteiger partial charge >= 0.3 is 5.97 Å². The molecular formula is C11H19N3O2S. The molecule has 0 amide bonds. The minimum atomic E-state index is -0.399. The smallest absolute Gasteiger partial charge is 0.345 e. The number of esters is 1. The Kier molecular flexibility index (Phi) is 4.74. The van der Waals surface area contributed by atoms with Crippen molar-refractivity contribution in [2.75, 3.05) is 30.8 Å². The zero-order chi connectivity index (χ0) is 13.0. The lowest BCUT2D eigenvalue weighted by atomic mass is 10.2. The van der Waals surface area contributed by atoms with E-state index in [1.807, 2.05) is 11.9 Å². The summed E-state index contributed by atoms with van der Waals surface area (Å²) in [4.78, 5) is 13.8. The molecular weight excluding hydrogens is 238 g/mol. The Balaban J connectivity index is 2.96. The second-order valence-electron chi connectivity index (χ2n) is 4.24. The van der Waals surface area contributed by atoms with E-state index < -0.39 is 5.97 Å². The molecule has 1 aromatic rings. The van der Waals surface area contributed by atoms with E-state index in [2.05, 4.69) is 18.2 Å². The van der Waals surface area contributed by atoms with Gasteiger partial charge in [-0.15, -0.1) is 0 Å². The largest absolute Gasteiger partial charge is 0.462 e. The van der Waals surface area contributed by atoms with E-state index in [0.29, 0.717) is 18.1 Å². The van der Waals surface area contributed by atoms with Crippen LogP contribution in [0, 0.1) is 5.92 Å². The number of nitrogens with zero attached hydrogens (tertiary/aromatic N) is 2. The van der Waals surface area contributed by atoms with Gasteiger partial charge in [0.15, 0.2) is 5.82 Å². The number of carbonyl (C=O) groups is 1. The molecule has 0 aliphatic heterocycles. The fourth-order valence-corrected chi connectivity index (χ4v) is 2.35. The van der Waals surface area contributed by atoms with E-state index in [1.165, 1.54) is 11.5 Å². The van der Waals surface area contributed by atoms with Crippen molar-refractivity contribution < 1.29 is 9.53 Å². The number of aromatic nitrogens is 1. The van der Waals surface area contributed by atoms with Gasteiger partial charge in [-0.05, 0) is 24.4 Å². The summed E-state index contributed by atoms with van der Waals surface area (Å²) in [5, 5.41) is 0.773. The van der Waals surface area contributed by atoms with Gasteiger partial charge in [0, 0.05) is 13.6 Å². The summed E-state index contributed by atoms with van der Waals surface area (Å²) in [6, 6.07) is 0. The van der Waals surface area contributed by atoms with Crippen molar-refractivity contribution in [1.82, 2.24) is 4.37 Å². The Morgan fingerprint density at radius 1 is 1.59 bits per heavy atom. The number of hydrogen-bond donors (Lipinski definition) is 1. The Bertz CT molecular complexity index is 390. The van der Waals surface area contributed by atoms with Gasteiger partial charge in [-0.3, -0.25) is 0 Å². The molecule has 0 radical (unpaired) electrons. The molecule has 0 aliphatic rings. The summed E-state index contributed by atoms with van der Waals surface area (Å²) in [6.45, 7) is 7.18. The Hall–Kier alpha value is -1.30. The summed E-state index contributed by atoms with van der Waals surface area (Å²) < 4.78 is 9.01. The minimum absolute atomic E-state index is 0.249. The fourth-order valence-electron chi connectivity index (χ4n) is 1.58. The highest BCUT2D eigenvalue weighted by Gasteiger charge is 2.23. The van der Waals surface area contributed by atoms with Crippen molar-refractivity contribution in [2.24, 2.45) is 5.92 Å². The maximum Gasteiger partial charge on any atom is 0.345 e. The van der Waals surface area contributed by atoms with Crippen LogP contribution in [0.25, 0.3) is 0 Å². The molecule has 1 aromatic heterocycles. The van der Waals surface area contributed by atoms with Crippen molar-refractivity contribution in [3.8, 4) is 0 Å². The Morgan fingerprint density at radius 2 is 2.24 bits per heavy atom. The maximum atomic E-state index is 11.8. The van der Waals surface area contributed by atoms with Crippen LogP contribution in [0.1, 0.15) is 31.1 Å². The zero-order valence-electron chi connectivity index (χ0n) is 10.7. The highest BCUT2D eigenvalue weighted by atomic mass is 32.1. The number of rotatable bonds is 5. The van der Waals surface area contributed by atoms with Crippen LogP contribution in [0.15, 0.2) is 0 Å².